The van der Waals surface area contributed by atoms with Gasteiger partial charge in [-0.25, -0.2) is 0 Å². The molecule has 1 N–H and O–H groups in total. The topological polar surface area (TPSA) is 12.0 Å². The third kappa shape index (κ3) is 3.46. The Labute approximate surface area is 110 Å². The number of benzene rings is 1. The predicted octanol–water partition coefficient (Wildman–Crippen LogP) is 4.19. The Kier molecular flexibility index (Phi) is 4.47. The zero-order valence-electron chi connectivity index (χ0n) is 10.6. The van der Waals surface area contributed by atoms with Crippen LogP contribution in [-0.4, -0.2) is 12.1 Å². The van der Waals surface area contributed by atoms with E-state index in [1.165, 1.54) is 44.2 Å². The van der Waals surface area contributed by atoms with E-state index in [9.17, 15) is 0 Å². The molecular weight excluding hydrogens is 230 g/mol. The molecule has 2 rings (SSSR count). The molecule has 1 saturated heterocycles. The summed E-state index contributed by atoms with van der Waals surface area (Å²) >= 11 is 5.90. The van der Waals surface area contributed by atoms with E-state index in [0.717, 1.165) is 11.4 Å². The van der Waals surface area contributed by atoms with Crippen molar-refractivity contribution in [2.45, 2.75) is 51.0 Å². The highest BCUT2D eigenvalue weighted by Gasteiger charge is 2.28. The Morgan fingerprint density at radius 1 is 1.24 bits per heavy atom. The molecule has 0 amide bonds. The Morgan fingerprint density at radius 3 is 2.59 bits per heavy atom. The summed E-state index contributed by atoms with van der Waals surface area (Å²) in [6.07, 6.45) is 7.67. The van der Waals surface area contributed by atoms with Crippen molar-refractivity contribution in [2.75, 3.05) is 6.54 Å². The highest BCUT2D eigenvalue weighted by molar-refractivity contribution is 6.30. The van der Waals surface area contributed by atoms with E-state index in [1.54, 1.807) is 0 Å². The molecule has 1 fully saturated rings. The average molecular weight is 252 g/mol. The monoisotopic (exact) mass is 251 g/mol. The fraction of sp³-hybridized carbons (Fsp3) is 0.600. The molecule has 17 heavy (non-hydrogen) atoms. The molecule has 0 aliphatic carbocycles. The lowest BCUT2D eigenvalue weighted by Crippen LogP contribution is -2.48. The third-order valence-electron chi connectivity index (χ3n) is 4.06. The van der Waals surface area contributed by atoms with Gasteiger partial charge in [-0.05, 0) is 56.3 Å². The van der Waals surface area contributed by atoms with Crippen molar-refractivity contribution in [2.24, 2.45) is 0 Å². The lowest BCUT2D eigenvalue weighted by atomic mass is 9.81. The molecule has 1 nitrogen and oxygen atoms in total. The van der Waals surface area contributed by atoms with Crippen LogP contribution in [-0.2, 0) is 6.42 Å². The zero-order chi connectivity index (χ0) is 12.1. The van der Waals surface area contributed by atoms with Gasteiger partial charge in [0.25, 0.3) is 0 Å². The quantitative estimate of drug-likeness (QED) is 0.846. The van der Waals surface area contributed by atoms with Crippen LogP contribution in [0.5, 0.6) is 0 Å². The van der Waals surface area contributed by atoms with Crippen molar-refractivity contribution in [3.8, 4) is 0 Å². The molecular formula is C15H22ClN. The van der Waals surface area contributed by atoms with Gasteiger partial charge in [-0.2, -0.15) is 0 Å². The maximum atomic E-state index is 5.90. The molecule has 0 bridgehead atoms. The first-order valence-corrected chi connectivity index (χ1v) is 7.11. The Bertz CT molecular complexity index is 338. The van der Waals surface area contributed by atoms with Gasteiger partial charge >= 0.3 is 0 Å². The van der Waals surface area contributed by atoms with Gasteiger partial charge in [0.15, 0.2) is 0 Å². The minimum absolute atomic E-state index is 0.387. The second-order valence-electron chi connectivity index (χ2n) is 5.14. The lowest BCUT2D eigenvalue weighted by molar-refractivity contribution is 0.229. The van der Waals surface area contributed by atoms with Crippen LogP contribution in [0.1, 0.15) is 44.6 Å². The first kappa shape index (κ1) is 12.9. The van der Waals surface area contributed by atoms with E-state index in [4.69, 9.17) is 11.6 Å². The lowest BCUT2D eigenvalue weighted by Gasteiger charge is -2.38. The van der Waals surface area contributed by atoms with E-state index >= 15 is 0 Å². The number of nitrogens with one attached hydrogen (secondary N) is 1. The van der Waals surface area contributed by atoms with Gasteiger partial charge in [0, 0.05) is 10.6 Å². The molecule has 2 heteroatoms. The number of piperidine rings is 1. The van der Waals surface area contributed by atoms with Crippen LogP contribution in [0.2, 0.25) is 5.02 Å². The molecule has 1 heterocycles. The average Bonchev–Trinajstić information content (AvgIpc) is 2.39. The molecule has 1 aromatic rings. The summed E-state index contributed by atoms with van der Waals surface area (Å²) in [6.45, 7) is 3.49. The SMILES string of the molecule is CCC1(CCc2ccc(Cl)cc2)CCCCN1. The molecule has 1 unspecified atom stereocenters. The number of aryl methyl sites for hydroxylation is 1. The fourth-order valence-corrected chi connectivity index (χ4v) is 2.88. The van der Waals surface area contributed by atoms with E-state index in [2.05, 4.69) is 24.4 Å². The molecule has 0 spiro atoms. The number of hydrogen-bond acceptors (Lipinski definition) is 1. The number of hydrogen-bond donors (Lipinski definition) is 1. The van der Waals surface area contributed by atoms with Crippen LogP contribution in [0.15, 0.2) is 24.3 Å². The van der Waals surface area contributed by atoms with E-state index in [0.29, 0.717) is 5.54 Å². The van der Waals surface area contributed by atoms with Crippen molar-refractivity contribution in [1.29, 1.82) is 0 Å². The molecule has 0 saturated carbocycles. The van der Waals surface area contributed by atoms with Crippen LogP contribution in [0, 0.1) is 0 Å². The normalized spacial score (nSPS) is 24.8. The van der Waals surface area contributed by atoms with Gasteiger partial charge in [0.2, 0.25) is 0 Å². The van der Waals surface area contributed by atoms with Crippen molar-refractivity contribution in [3.63, 3.8) is 0 Å². The molecule has 1 aliphatic heterocycles. The maximum Gasteiger partial charge on any atom is 0.0406 e. The summed E-state index contributed by atoms with van der Waals surface area (Å²) in [5.41, 5.74) is 1.78. The van der Waals surface area contributed by atoms with Gasteiger partial charge in [0.1, 0.15) is 0 Å². The van der Waals surface area contributed by atoms with Crippen LogP contribution in [0.4, 0.5) is 0 Å². The first-order chi connectivity index (χ1) is 8.24. The van der Waals surface area contributed by atoms with Gasteiger partial charge < -0.3 is 5.32 Å². The molecule has 1 aliphatic rings. The predicted molar refractivity (Wildman–Crippen MR) is 74.6 cm³/mol. The highest BCUT2D eigenvalue weighted by Crippen LogP contribution is 2.28. The van der Waals surface area contributed by atoms with E-state index < -0.39 is 0 Å². The second kappa shape index (κ2) is 5.88. The fourth-order valence-electron chi connectivity index (χ4n) is 2.76. The Hall–Kier alpha value is -0.530. The summed E-state index contributed by atoms with van der Waals surface area (Å²) in [4.78, 5) is 0. The van der Waals surface area contributed by atoms with Crippen molar-refractivity contribution in [1.82, 2.24) is 5.32 Å². The Morgan fingerprint density at radius 2 is 2.00 bits per heavy atom. The molecule has 94 valence electrons. The van der Waals surface area contributed by atoms with Crippen LogP contribution >= 0.6 is 11.6 Å². The number of rotatable bonds is 4. The molecule has 0 radical (unpaired) electrons. The standard InChI is InChI=1S/C15H22ClN/c1-2-15(10-3-4-12-17-15)11-9-13-5-7-14(16)8-6-13/h5-8,17H,2-4,9-12H2,1H3. The van der Waals surface area contributed by atoms with Crippen LogP contribution in [0.3, 0.4) is 0 Å². The maximum absolute atomic E-state index is 5.90. The van der Waals surface area contributed by atoms with Gasteiger partial charge in [-0.3, -0.25) is 0 Å². The zero-order valence-corrected chi connectivity index (χ0v) is 11.4. The summed E-state index contributed by atoms with van der Waals surface area (Å²) in [5.74, 6) is 0. The van der Waals surface area contributed by atoms with Crippen LogP contribution < -0.4 is 5.32 Å². The third-order valence-corrected chi connectivity index (χ3v) is 4.32. The summed E-state index contributed by atoms with van der Waals surface area (Å²) in [6, 6.07) is 8.27. The summed E-state index contributed by atoms with van der Waals surface area (Å²) < 4.78 is 0. The minimum Gasteiger partial charge on any atom is -0.311 e. The van der Waals surface area contributed by atoms with Gasteiger partial charge in [0.05, 0.1) is 0 Å². The van der Waals surface area contributed by atoms with E-state index in [1.807, 2.05) is 12.1 Å². The van der Waals surface area contributed by atoms with Crippen LogP contribution in [0.25, 0.3) is 0 Å². The minimum atomic E-state index is 0.387. The van der Waals surface area contributed by atoms with Crippen molar-refractivity contribution in [3.05, 3.63) is 34.9 Å². The number of halogens is 1. The van der Waals surface area contributed by atoms with Gasteiger partial charge in [-0.15, -0.1) is 0 Å². The highest BCUT2D eigenvalue weighted by atomic mass is 35.5. The summed E-state index contributed by atoms with van der Waals surface area (Å²) in [7, 11) is 0. The first-order valence-electron chi connectivity index (χ1n) is 6.74. The molecule has 0 aromatic heterocycles. The second-order valence-corrected chi connectivity index (χ2v) is 5.58. The molecule has 1 atom stereocenters. The van der Waals surface area contributed by atoms with Gasteiger partial charge in [-0.1, -0.05) is 37.1 Å². The Balaban J connectivity index is 1.93. The van der Waals surface area contributed by atoms with Crippen molar-refractivity contribution >= 4 is 11.6 Å². The van der Waals surface area contributed by atoms with E-state index in [-0.39, 0.29) is 0 Å². The van der Waals surface area contributed by atoms with Crippen molar-refractivity contribution < 1.29 is 0 Å². The molecule has 1 aromatic carbocycles. The smallest absolute Gasteiger partial charge is 0.0406 e. The largest absolute Gasteiger partial charge is 0.311 e. The summed E-state index contributed by atoms with van der Waals surface area (Å²) in [5, 5.41) is 4.57.